The van der Waals surface area contributed by atoms with E-state index in [1.807, 2.05) is 4.90 Å². The molecular formula is C17H20N2O4S. The van der Waals surface area contributed by atoms with Crippen molar-refractivity contribution in [1.82, 2.24) is 9.88 Å². The summed E-state index contributed by atoms with van der Waals surface area (Å²) in [5, 5.41) is 10.3. The van der Waals surface area contributed by atoms with Crippen LogP contribution in [0.15, 0.2) is 28.3 Å². The third-order valence-corrected chi connectivity index (χ3v) is 5.44. The fourth-order valence-corrected chi connectivity index (χ4v) is 3.99. The first kappa shape index (κ1) is 15.8. The highest BCUT2D eigenvalue weighted by atomic mass is 32.1. The summed E-state index contributed by atoms with van der Waals surface area (Å²) in [5.41, 5.74) is 2.70. The monoisotopic (exact) mass is 348 g/mol. The maximum absolute atomic E-state index is 13.0. The van der Waals surface area contributed by atoms with E-state index in [2.05, 4.69) is 4.98 Å². The van der Waals surface area contributed by atoms with E-state index in [0.717, 1.165) is 23.4 Å². The third kappa shape index (κ3) is 3.11. The van der Waals surface area contributed by atoms with Crippen molar-refractivity contribution >= 4 is 17.2 Å². The number of amides is 1. The van der Waals surface area contributed by atoms with Crippen LogP contribution in [-0.2, 0) is 4.74 Å². The van der Waals surface area contributed by atoms with Crippen LogP contribution in [-0.4, -0.2) is 46.7 Å². The molecule has 6 nitrogen and oxygen atoms in total. The average molecular weight is 348 g/mol. The van der Waals surface area contributed by atoms with Gasteiger partial charge in [0.05, 0.1) is 36.7 Å². The van der Waals surface area contributed by atoms with Crippen LogP contribution in [0.3, 0.4) is 0 Å². The van der Waals surface area contributed by atoms with Gasteiger partial charge in [0.25, 0.3) is 5.91 Å². The first-order valence-electron chi connectivity index (χ1n) is 8.27. The number of aliphatic hydroxyl groups excluding tert-OH is 1. The van der Waals surface area contributed by atoms with Crippen molar-refractivity contribution in [3.63, 3.8) is 0 Å². The van der Waals surface area contributed by atoms with Gasteiger partial charge < -0.3 is 19.2 Å². The van der Waals surface area contributed by atoms with Gasteiger partial charge in [-0.3, -0.25) is 4.79 Å². The average Bonchev–Trinajstić information content (AvgIpc) is 3.11. The van der Waals surface area contributed by atoms with Gasteiger partial charge in [-0.2, -0.15) is 0 Å². The van der Waals surface area contributed by atoms with Crippen LogP contribution in [0.5, 0.6) is 0 Å². The second-order valence-corrected chi connectivity index (χ2v) is 7.19. The lowest BCUT2D eigenvalue weighted by Gasteiger charge is -2.36. The van der Waals surface area contributed by atoms with Crippen molar-refractivity contribution in [1.29, 1.82) is 0 Å². The fraction of sp³-hybridized carbons (Fsp3) is 0.529. The van der Waals surface area contributed by atoms with Gasteiger partial charge >= 0.3 is 0 Å². The van der Waals surface area contributed by atoms with Gasteiger partial charge in [-0.1, -0.05) is 0 Å². The van der Waals surface area contributed by atoms with Crippen LogP contribution < -0.4 is 0 Å². The topological polar surface area (TPSA) is 75.8 Å². The van der Waals surface area contributed by atoms with E-state index in [9.17, 15) is 9.90 Å². The first-order valence-corrected chi connectivity index (χ1v) is 9.15. The molecule has 2 fully saturated rings. The highest BCUT2D eigenvalue weighted by Crippen LogP contribution is 2.42. The van der Waals surface area contributed by atoms with Gasteiger partial charge in [-0.05, 0) is 25.0 Å². The molecule has 128 valence electrons. The summed E-state index contributed by atoms with van der Waals surface area (Å²) in [4.78, 5) is 20.0. The summed E-state index contributed by atoms with van der Waals surface area (Å²) in [6, 6.07) is 3.33. The number of hydrogen-bond donors (Lipinski definition) is 1. The Morgan fingerprint density at radius 1 is 1.50 bits per heavy atom. The molecule has 2 atom stereocenters. The summed E-state index contributed by atoms with van der Waals surface area (Å²) in [7, 11) is 0. The smallest absolute Gasteiger partial charge is 0.266 e. The van der Waals surface area contributed by atoms with Crippen LogP contribution >= 0.6 is 11.3 Å². The van der Waals surface area contributed by atoms with Gasteiger partial charge in [0.2, 0.25) is 0 Å². The number of aliphatic hydroxyl groups is 1. The number of ether oxygens (including phenoxy) is 1. The fourth-order valence-electron chi connectivity index (χ4n) is 3.17. The number of rotatable bonds is 5. The van der Waals surface area contributed by atoms with Crippen molar-refractivity contribution < 1.29 is 19.1 Å². The van der Waals surface area contributed by atoms with E-state index < -0.39 is 6.10 Å². The summed E-state index contributed by atoms with van der Waals surface area (Å²) >= 11 is 1.41. The molecule has 0 bridgehead atoms. The number of carbonyl (C=O) groups excluding carboxylic acids is 1. The molecule has 2 aromatic heterocycles. The molecule has 1 saturated carbocycles. The second-order valence-electron chi connectivity index (χ2n) is 6.34. The molecule has 0 spiro atoms. The van der Waals surface area contributed by atoms with Gasteiger partial charge in [-0.25, -0.2) is 4.98 Å². The summed E-state index contributed by atoms with van der Waals surface area (Å²) in [6.07, 6.45) is 3.43. The summed E-state index contributed by atoms with van der Waals surface area (Å²) < 4.78 is 10.8. The Kier molecular flexibility index (Phi) is 4.39. The summed E-state index contributed by atoms with van der Waals surface area (Å²) in [6.45, 7) is 1.49. The maximum atomic E-state index is 13.0. The molecule has 0 aromatic carbocycles. The van der Waals surface area contributed by atoms with Crippen LogP contribution in [0.4, 0.5) is 0 Å². The zero-order valence-electron chi connectivity index (χ0n) is 13.3. The molecule has 2 unspecified atom stereocenters. The Balaban J connectivity index is 1.51. The number of furan rings is 1. The van der Waals surface area contributed by atoms with E-state index in [1.54, 1.807) is 17.6 Å². The lowest BCUT2D eigenvalue weighted by atomic mass is 10.0. The number of thiazole rings is 1. The van der Waals surface area contributed by atoms with Gasteiger partial charge in [-0.15, -0.1) is 11.3 Å². The van der Waals surface area contributed by atoms with Crippen molar-refractivity contribution in [2.24, 2.45) is 0 Å². The minimum absolute atomic E-state index is 0.0133. The van der Waals surface area contributed by atoms with Crippen LogP contribution in [0.1, 0.15) is 52.4 Å². The van der Waals surface area contributed by atoms with Crippen LogP contribution in [0, 0.1) is 0 Å². The summed E-state index contributed by atoms with van der Waals surface area (Å²) in [5.74, 6) is 0.979. The highest BCUT2D eigenvalue weighted by Gasteiger charge is 2.36. The molecule has 0 radical (unpaired) electrons. The molecular weight excluding hydrogens is 328 g/mol. The quantitative estimate of drug-likeness (QED) is 0.899. The highest BCUT2D eigenvalue weighted by molar-refractivity contribution is 7.11. The molecule has 1 saturated heterocycles. The third-order valence-electron chi connectivity index (χ3n) is 4.61. The first-order chi connectivity index (χ1) is 11.7. The minimum Gasteiger partial charge on any atom is -0.467 e. The SMILES string of the molecule is O=C(c1scnc1C1CC1)N1CCOCC1CC(O)c1ccco1. The van der Waals surface area contributed by atoms with Crippen molar-refractivity contribution in [2.75, 3.05) is 19.8 Å². The molecule has 24 heavy (non-hydrogen) atoms. The van der Waals surface area contributed by atoms with Crippen LogP contribution in [0.2, 0.25) is 0 Å². The minimum atomic E-state index is -0.744. The van der Waals surface area contributed by atoms with E-state index >= 15 is 0 Å². The Morgan fingerprint density at radius 2 is 2.38 bits per heavy atom. The number of nitrogens with zero attached hydrogens (tertiary/aromatic N) is 2. The van der Waals surface area contributed by atoms with E-state index in [4.69, 9.17) is 9.15 Å². The molecule has 2 aromatic rings. The number of carbonyl (C=O) groups is 1. The van der Waals surface area contributed by atoms with Gasteiger partial charge in [0.15, 0.2) is 0 Å². The largest absolute Gasteiger partial charge is 0.467 e. The molecule has 1 amide bonds. The molecule has 1 aliphatic heterocycles. The number of aromatic nitrogens is 1. The second kappa shape index (κ2) is 6.66. The molecule has 1 N–H and O–H groups in total. The van der Waals surface area contributed by atoms with Crippen molar-refractivity contribution in [3.05, 3.63) is 40.2 Å². The molecule has 4 rings (SSSR count). The zero-order chi connectivity index (χ0) is 16.5. The Labute approximate surface area is 144 Å². The van der Waals surface area contributed by atoms with Crippen molar-refractivity contribution in [2.45, 2.75) is 37.3 Å². The van der Waals surface area contributed by atoms with Crippen molar-refractivity contribution in [3.8, 4) is 0 Å². The normalized spacial score (nSPS) is 22.5. The molecule has 3 heterocycles. The number of morpholine rings is 1. The molecule has 2 aliphatic rings. The Hall–Kier alpha value is -1.70. The zero-order valence-corrected chi connectivity index (χ0v) is 14.1. The van der Waals surface area contributed by atoms with Gasteiger partial charge in [0, 0.05) is 18.9 Å². The number of hydrogen-bond acceptors (Lipinski definition) is 6. The van der Waals surface area contributed by atoms with E-state index in [1.165, 1.54) is 17.6 Å². The van der Waals surface area contributed by atoms with Crippen LogP contribution in [0.25, 0.3) is 0 Å². The Morgan fingerprint density at radius 3 is 3.12 bits per heavy atom. The van der Waals surface area contributed by atoms with E-state index in [-0.39, 0.29) is 11.9 Å². The lowest BCUT2D eigenvalue weighted by Crippen LogP contribution is -2.49. The molecule has 1 aliphatic carbocycles. The lowest BCUT2D eigenvalue weighted by molar-refractivity contribution is -0.0194. The molecule has 7 heteroatoms. The van der Waals surface area contributed by atoms with Gasteiger partial charge in [0.1, 0.15) is 16.7 Å². The Bertz CT molecular complexity index is 695. The predicted octanol–water partition coefficient (Wildman–Crippen LogP) is 2.58. The standard InChI is InChI=1S/C17H20N2O4S/c20-13(14-2-1-6-23-14)8-12-9-22-7-5-19(12)17(21)16-15(11-3-4-11)18-10-24-16/h1-2,6,10-13,20H,3-5,7-9H2. The predicted molar refractivity (Wildman–Crippen MR) is 88.0 cm³/mol. The maximum Gasteiger partial charge on any atom is 0.266 e. The van der Waals surface area contributed by atoms with E-state index in [0.29, 0.717) is 37.9 Å².